The number of hydrogen-bond donors (Lipinski definition) is 0. The largest absolute Gasteiger partial charge is 0.334 e. The molecule has 126 valence electrons. The van der Waals surface area contributed by atoms with Crippen molar-refractivity contribution >= 4 is 15.7 Å². The first-order chi connectivity index (χ1) is 10.9. The van der Waals surface area contributed by atoms with E-state index in [0.717, 1.165) is 32.4 Å². The van der Waals surface area contributed by atoms with Gasteiger partial charge in [-0.05, 0) is 63.5 Å². The Morgan fingerprint density at radius 3 is 2.22 bits per heavy atom. The lowest BCUT2D eigenvalue weighted by Gasteiger charge is -2.33. The van der Waals surface area contributed by atoms with Crippen molar-refractivity contribution in [1.82, 2.24) is 9.80 Å². The number of rotatable bonds is 3. The van der Waals surface area contributed by atoms with Crippen molar-refractivity contribution in [2.75, 3.05) is 26.4 Å². The molecule has 1 aromatic rings. The second kappa shape index (κ2) is 6.24. The maximum absolute atomic E-state index is 12.8. The summed E-state index contributed by atoms with van der Waals surface area (Å²) in [5.41, 5.74) is 0.574. The Hall–Kier alpha value is -1.40. The van der Waals surface area contributed by atoms with Gasteiger partial charge in [-0.3, -0.25) is 4.79 Å². The van der Waals surface area contributed by atoms with E-state index in [9.17, 15) is 13.2 Å². The van der Waals surface area contributed by atoms with E-state index >= 15 is 0 Å². The third-order valence-electron chi connectivity index (χ3n) is 5.11. The van der Waals surface area contributed by atoms with E-state index in [1.165, 1.54) is 24.8 Å². The molecule has 0 unspecified atom stereocenters. The van der Waals surface area contributed by atoms with Gasteiger partial charge in [-0.25, -0.2) is 8.42 Å². The van der Waals surface area contributed by atoms with Crippen LogP contribution < -0.4 is 0 Å². The first-order valence-electron chi connectivity index (χ1n) is 8.19. The van der Waals surface area contributed by atoms with Crippen LogP contribution in [0, 0.1) is 0 Å². The summed E-state index contributed by atoms with van der Waals surface area (Å²) in [4.78, 5) is 17.4. The molecule has 0 radical (unpaired) electrons. The predicted octanol–water partition coefficient (Wildman–Crippen LogP) is 1.79. The molecule has 2 heterocycles. The number of sulfone groups is 1. The van der Waals surface area contributed by atoms with Gasteiger partial charge < -0.3 is 9.80 Å². The normalized spacial score (nSPS) is 25.9. The standard InChI is InChI=1S/C17H24N2O3S/c1-18-11-3-5-15(18)16-6-4-12-19(16)17(20)13-7-9-14(10-8-13)23(2,21)22/h7-10,15-16H,3-6,11-12H2,1-2H3/t15-,16-/m1/s1. The van der Waals surface area contributed by atoms with Gasteiger partial charge in [-0.2, -0.15) is 0 Å². The topological polar surface area (TPSA) is 57.7 Å². The number of carbonyl (C=O) groups excluding carboxylic acids is 1. The minimum Gasteiger partial charge on any atom is -0.334 e. The van der Waals surface area contributed by atoms with Crippen molar-refractivity contribution in [1.29, 1.82) is 0 Å². The summed E-state index contributed by atoms with van der Waals surface area (Å²) in [6, 6.07) is 7.05. The van der Waals surface area contributed by atoms with Gasteiger partial charge in [0.1, 0.15) is 0 Å². The van der Waals surface area contributed by atoms with E-state index in [1.54, 1.807) is 12.1 Å². The molecule has 0 saturated carbocycles. The Labute approximate surface area is 138 Å². The molecule has 2 saturated heterocycles. The van der Waals surface area contributed by atoms with Gasteiger partial charge in [0, 0.05) is 30.4 Å². The molecule has 0 N–H and O–H groups in total. The van der Waals surface area contributed by atoms with Gasteiger partial charge in [-0.15, -0.1) is 0 Å². The average Bonchev–Trinajstić information content (AvgIpc) is 3.14. The number of carbonyl (C=O) groups is 1. The molecular weight excluding hydrogens is 312 g/mol. The molecule has 0 bridgehead atoms. The zero-order valence-corrected chi connectivity index (χ0v) is 14.6. The van der Waals surface area contributed by atoms with Crippen LogP contribution in [0.5, 0.6) is 0 Å². The van der Waals surface area contributed by atoms with Gasteiger partial charge in [0.15, 0.2) is 9.84 Å². The van der Waals surface area contributed by atoms with E-state index in [-0.39, 0.29) is 16.8 Å². The van der Waals surface area contributed by atoms with Crippen LogP contribution in [0.25, 0.3) is 0 Å². The smallest absolute Gasteiger partial charge is 0.254 e. The van der Waals surface area contributed by atoms with E-state index in [0.29, 0.717) is 11.6 Å². The molecule has 5 nitrogen and oxygen atoms in total. The molecule has 0 aromatic heterocycles. The van der Waals surface area contributed by atoms with E-state index in [2.05, 4.69) is 11.9 Å². The third kappa shape index (κ3) is 3.28. The monoisotopic (exact) mass is 336 g/mol. The first-order valence-corrected chi connectivity index (χ1v) is 10.1. The summed E-state index contributed by atoms with van der Waals surface area (Å²) in [7, 11) is -1.09. The molecule has 2 aliphatic heterocycles. The summed E-state index contributed by atoms with van der Waals surface area (Å²) in [6.07, 6.45) is 5.63. The number of likely N-dealkylation sites (tertiary alicyclic amines) is 2. The molecule has 23 heavy (non-hydrogen) atoms. The Morgan fingerprint density at radius 2 is 1.65 bits per heavy atom. The van der Waals surface area contributed by atoms with Crippen molar-refractivity contribution in [2.45, 2.75) is 42.7 Å². The molecule has 1 amide bonds. The molecule has 3 rings (SSSR count). The maximum Gasteiger partial charge on any atom is 0.254 e. The van der Waals surface area contributed by atoms with Crippen LogP contribution in [0.15, 0.2) is 29.2 Å². The Morgan fingerprint density at radius 1 is 1.04 bits per heavy atom. The highest BCUT2D eigenvalue weighted by Gasteiger charge is 2.38. The van der Waals surface area contributed by atoms with Gasteiger partial charge in [-0.1, -0.05) is 0 Å². The van der Waals surface area contributed by atoms with E-state index in [1.807, 2.05) is 4.90 Å². The fraction of sp³-hybridized carbons (Fsp3) is 0.588. The molecule has 2 fully saturated rings. The highest BCUT2D eigenvalue weighted by molar-refractivity contribution is 7.90. The van der Waals surface area contributed by atoms with E-state index < -0.39 is 9.84 Å². The molecule has 6 heteroatoms. The Kier molecular flexibility index (Phi) is 4.47. The lowest BCUT2D eigenvalue weighted by molar-refractivity contribution is 0.0664. The Balaban J connectivity index is 1.79. The van der Waals surface area contributed by atoms with Crippen LogP contribution in [0.2, 0.25) is 0 Å². The highest BCUT2D eigenvalue weighted by Crippen LogP contribution is 2.30. The molecule has 0 aliphatic carbocycles. The second-order valence-electron chi connectivity index (χ2n) is 6.69. The maximum atomic E-state index is 12.8. The van der Waals surface area contributed by atoms with Gasteiger partial charge in [0.2, 0.25) is 0 Å². The van der Waals surface area contributed by atoms with Crippen LogP contribution in [0.4, 0.5) is 0 Å². The zero-order valence-electron chi connectivity index (χ0n) is 13.7. The van der Waals surface area contributed by atoms with Crippen LogP contribution in [0.3, 0.4) is 0 Å². The summed E-state index contributed by atoms with van der Waals surface area (Å²) in [6.45, 7) is 1.90. The lowest BCUT2D eigenvalue weighted by atomic mass is 10.0. The fourth-order valence-corrected chi connectivity index (χ4v) is 4.51. The molecular formula is C17H24N2O3S. The minimum atomic E-state index is -3.23. The van der Waals surface area contributed by atoms with Crippen molar-refractivity contribution in [3.05, 3.63) is 29.8 Å². The summed E-state index contributed by atoms with van der Waals surface area (Å²) in [5.74, 6) is 0.0212. The third-order valence-corrected chi connectivity index (χ3v) is 6.24. The lowest BCUT2D eigenvalue weighted by Crippen LogP contribution is -2.47. The molecule has 0 spiro atoms. The van der Waals surface area contributed by atoms with Gasteiger partial charge in [0.05, 0.1) is 4.90 Å². The number of benzene rings is 1. The summed E-state index contributed by atoms with van der Waals surface area (Å²) in [5, 5.41) is 0. The van der Waals surface area contributed by atoms with Crippen LogP contribution in [0.1, 0.15) is 36.0 Å². The Bertz CT molecular complexity index is 684. The van der Waals surface area contributed by atoms with Crippen molar-refractivity contribution in [3.8, 4) is 0 Å². The first kappa shape index (κ1) is 16.5. The van der Waals surface area contributed by atoms with Crippen LogP contribution >= 0.6 is 0 Å². The predicted molar refractivity (Wildman–Crippen MR) is 89.3 cm³/mol. The van der Waals surface area contributed by atoms with Gasteiger partial charge >= 0.3 is 0 Å². The number of amides is 1. The van der Waals surface area contributed by atoms with Gasteiger partial charge in [0.25, 0.3) is 5.91 Å². The SMILES string of the molecule is CN1CCC[C@@H]1[C@H]1CCCN1C(=O)c1ccc(S(C)(=O)=O)cc1. The molecule has 2 aliphatic rings. The average molecular weight is 336 g/mol. The molecule has 1 aromatic carbocycles. The summed E-state index contributed by atoms with van der Waals surface area (Å²) < 4.78 is 23.1. The quantitative estimate of drug-likeness (QED) is 0.844. The number of hydrogen-bond acceptors (Lipinski definition) is 4. The van der Waals surface area contributed by atoms with Crippen LogP contribution in [-0.4, -0.2) is 62.6 Å². The fourth-order valence-electron chi connectivity index (χ4n) is 3.88. The highest BCUT2D eigenvalue weighted by atomic mass is 32.2. The van der Waals surface area contributed by atoms with Crippen LogP contribution in [-0.2, 0) is 9.84 Å². The minimum absolute atomic E-state index is 0.0212. The number of nitrogens with zero attached hydrogens (tertiary/aromatic N) is 2. The van der Waals surface area contributed by atoms with E-state index in [4.69, 9.17) is 0 Å². The molecule has 2 atom stereocenters. The second-order valence-corrected chi connectivity index (χ2v) is 8.71. The van der Waals surface area contributed by atoms with Crippen molar-refractivity contribution in [3.63, 3.8) is 0 Å². The zero-order chi connectivity index (χ0) is 16.6. The van der Waals surface area contributed by atoms with Crippen molar-refractivity contribution < 1.29 is 13.2 Å². The summed E-state index contributed by atoms with van der Waals surface area (Å²) >= 11 is 0. The van der Waals surface area contributed by atoms with Crippen molar-refractivity contribution in [2.24, 2.45) is 0 Å². The number of likely N-dealkylation sites (N-methyl/N-ethyl adjacent to an activating group) is 1.